The van der Waals surface area contributed by atoms with Gasteiger partial charge in [-0.1, -0.05) is 12.1 Å². The second-order valence-corrected chi connectivity index (χ2v) is 4.39. The topological polar surface area (TPSA) is 23.5 Å². The van der Waals surface area contributed by atoms with Crippen LogP contribution in [-0.2, 0) is 0 Å². The smallest absolute Gasteiger partial charge is 0.138 e. The Hall–Kier alpha value is -1.18. The number of nitrogens with zero attached hydrogens (tertiary/aromatic N) is 1. The molecule has 3 rings (SSSR count). The lowest BCUT2D eigenvalue weighted by atomic mass is 10.1. The number of para-hydroxylation sites is 2. The molecule has 74 valence electrons. The van der Waals surface area contributed by atoms with Crippen molar-refractivity contribution in [2.45, 2.75) is 25.3 Å². The van der Waals surface area contributed by atoms with Crippen LogP contribution in [0, 0.1) is 5.92 Å². The Balaban J connectivity index is 1.91. The van der Waals surface area contributed by atoms with Crippen LogP contribution in [0.4, 0.5) is 5.69 Å². The highest BCUT2D eigenvalue weighted by Gasteiger charge is 2.44. The summed E-state index contributed by atoms with van der Waals surface area (Å²) in [7, 11) is 0. The third-order valence-electron chi connectivity index (χ3n) is 3.45. The van der Waals surface area contributed by atoms with E-state index in [1.165, 1.54) is 19.3 Å². The van der Waals surface area contributed by atoms with Crippen molar-refractivity contribution in [3.05, 3.63) is 24.3 Å². The number of anilines is 1. The van der Waals surface area contributed by atoms with Gasteiger partial charge in [-0.3, -0.25) is 0 Å². The van der Waals surface area contributed by atoms with E-state index >= 15 is 0 Å². The molecule has 0 spiro atoms. The van der Waals surface area contributed by atoms with Crippen molar-refractivity contribution in [1.29, 1.82) is 0 Å². The number of phenols is 1. The van der Waals surface area contributed by atoms with Gasteiger partial charge in [0.15, 0.2) is 0 Å². The molecular weight excluding hydrogens is 174 g/mol. The van der Waals surface area contributed by atoms with E-state index in [4.69, 9.17) is 0 Å². The van der Waals surface area contributed by atoms with Crippen LogP contribution in [0.1, 0.15) is 19.3 Å². The third-order valence-corrected chi connectivity index (χ3v) is 3.45. The summed E-state index contributed by atoms with van der Waals surface area (Å²) in [5, 5.41) is 9.76. The molecule has 1 aliphatic carbocycles. The van der Waals surface area contributed by atoms with Crippen LogP contribution in [0.5, 0.6) is 5.75 Å². The van der Waals surface area contributed by atoms with Crippen molar-refractivity contribution in [2.75, 3.05) is 11.4 Å². The van der Waals surface area contributed by atoms with Crippen LogP contribution in [-0.4, -0.2) is 17.7 Å². The molecule has 0 amide bonds. The molecule has 1 saturated heterocycles. The fourth-order valence-corrected chi connectivity index (χ4v) is 2.62. The zero-order chi connectivity index (χ0) is 9.54. The molecule has 0 bridgehead atoms. The van der Waals surface area contributed by atoms with Gasteiger partial charge in [-0.25, -0.2) is 0 Å². The van der Waals surface area contributed by atoms with E-state index < -0.39 is 0 Å². The highest BCUT2D eigenvalue weighted by Crippen LogP contribution is 2.46. The summed E-state index contributed by atoms with van der Waals surface area (Å²) >= 11 is 0. The van der Waals surface area contributed by atoms with E-state index in [1.807, 2.05) is 18.2 Å². The Morgan fingerprint density at radius 2 is 2.14 bits per heavy atom. The average molecular weight is 189 g/mol. The van der Waals surface area contributed by atoms with Gasteiger partial charge in [0, 0.05) is 12.6 Å². The first-order valence-electron chi connectivity index (χ1n) is 5.41. The Kier molecular flexibility index (Phi) is 1.69. The van der Waals surface area contributed by atoms with E-state index in [9.17, 15) is 5.11 Å². The summed E-state index contributed by atoms with van der Waals surface area (Å²) in [5.74, 6) is 1.34. The maximum Gasteiger partial charge on any atom is 0.138 e. The molecule has 1 heterocycles. The first-order chi connectivity index (χ1) is 6.86. The number of phenolic OH excluding ortho intramolecular Hbond substituents is 1. The van der Waals surface area contributed by atoms with Crippen LogP contribution in [0.25, 0.3) is 0 Å². The fourth-order valence-electron chi connectivity index (χ4n) is 2.62. The van der Waals surface area contributed by atoms with Crippen molar-refractivity contribution in [3.8, 4) is 5.75 Å². The average Bonchev–Trinajstić information content (AvgIpc) is 2.97. The molecule has 1 saturated carbocycles. The molecule has 1 aromatic rings. The second-order valence-electron chi connectivity index (χ2n) is 4.39. The first kappa shape index (κ1) is 8.16. The second kappa shape index (κ2) is 2.91. The lowest BCUT2D eigenvalue weighted by Gasteiger charge is -2.29. The van der Waals surface area contributed by atoms with Gasteiger partial charge in [0.2, 0.25) is 0 Å². The Morgan fingerprint density at radius 1 is 1.29 bits per heavy atom. The van der Waals surface area contributed by atoms with Gasteiger partial charge in [-0.2, -0.15) is 0 Å². The zero-order valence-electron chi connectivity index (χ0n) is 8.19. The lowest BCUT2D eigenvalue weighted by molar-refractivity contribution is 0.468. The van der Waals surface area contributed by atoms with Crippen molar-refractivity contribution in [1.82, 2.24) is 0 Å². The summed E-state index contributed by atoms with van der Waals surface area (Å²) in [4.78, 5) is 2.38. The van der Waals surface area contributed by atoms with Gasteiger partial charge in [-0.05, 0) is 37.3 Å². The maximum absolute atomic E-state index is 9.76. The largest absolute Gasteiger partial charge is 0.506 e. The minimum absolute atomic E-state index is 0.431. The predicted octanol–water partition coefficient (Wildman–Crippen LogP) is 2.38. The van der Waals surface area contributed by atoms with Gasteiger partial charge in [0.25, 0.3) is 0 Å². The highest BCUT2D eigenvalue weighted by molar-refractivity contribution is 5.59. The van der Waals surface area contributed by atoms with Crippen LogP contribution >= 0.6 is 0 Å². The van der Waals surface area contributed by atoms with Crippen LogP contribution in [0.3, 0.4) is 0 Å². The number of aromatic hydroxyl groups is 1. The highest BCUT2D eigenvalue weighted by atomic mass is 16.3. The van der Waals surface area contributed by atoms with E-state index in [0.717, 1.165) is 24.2 Å². The molecule has 0 radical (unpaired) electrons. The van der Waals surface area contributed by atoms with Gasteiger partial charge in [0.05, 0.1) is 5.69 Å². The van der Waals surface area contributed by atoms with Crippen molar-refractivity contribution < 1.29 is 5.11 Å². The van der Waals surface area contributed by atoms with Crippen LogP contribution < -0.4 is 4.90 Å². The number of benzene rings is 1. The molecule has 2 fully saturated rings. The van der Waals surface area contributed by atoms with Crippen LogP contribution in [0.2, 0.25) is 0 Å². The Morgan fingerprint density at radius 3 is 3.00 bits per heavy atom. The Labute approximate surface area is 84.2 Å². The molecule has 2 heteroatoms. The minimum atomic E-state index is 0.431. The predicted molar refractivity (Wildman–Crippen MR) is 56.6 cm³/mol. The van der Waals surface area contributed by atoms with Crippen molar-refractivity contribution >= 4 is 5.69 Å². The van der Waals surface area contributed by atoms with Gasteiger partial charge < -0.3 is 10.0 Å². The first-order valence-corrected chi connectivity index (χ1v) is 5.41. The molecule has 2 nitrogen and oxygen atoms in total. The van der Waals surface area contributed by atoms with Gasteiger partial charge in [-0.15, -0.1) is 0 Å². The number of hydrogen-bond acceptors (Lipinski definition) is 2. The van der Waals surface area contributed by atoms with Crippen molar-refractivity contribution in [2.24, 2.45) is 5.92 Å². The normalized spacial score (nSPS) is 29.9. The van der Waals surface area contributed by atoms with Crippen LogP contribution in [0.15, 0.2) is 24.3 Å². The van der Waals surface area contributed by atoms with E-state index in [-0.39, 0.29) is 0 Å². The van der Waals surface area contributed by atoms with E-state index in [2.05, 4.69) is 4.90 Å². The monoisotopic (exact) mass is 189 g/mol. The lowest BCUT2D eigenvalue weighted by Crippen LogP contribution is -2.31. The quantitative estimate of drug-likeness (QED) is 0.733. The van der Waals surface area contributed by atoms with Gasteiger partial charge in [0.1, 0.15) is 5.75 Å². The van der Waals surface area contributed by atoms with Crippen molar-refractivity contribution in [3.63, 3.8) is 0 Å². The molecule has 0 aromatic heterocycles. The molecule has 2 atom stereocenters. The zero-order valence-corrected chi connectivity index (χ0v) is 8.19. The summed E-state index contributed by atoms with van der Waals surface area (Å²) in [6.07, 6.45) is 3.98. The number of hydrogen-bond donors (Lipinski definition) is 1. The molecule has 1 N–H and O–H groups in total. The van der Waals surface area contributed by atoms with Gasteiger partial charge >= 0.3 is 0 Å². The summed E-state index contributed by atoms with van der Waals surface area (Å²) < 4.78 is 0. The molecule has 14 heavy (non-hydrogen) atoms. The molecule has 2 aliphatic rings. The number of piperidine rings is 1. The maximum atomic E-state index is 9.76. The summed E-state index contributed by atoms with van der Waals surface area (Å²) in [5.41, 5.74) is 1.03. The SMILES string of the molecule is Oc1ccccc1N1CCCC2CC21. The third kappa shape index (κ3) is 1.17. The molecule has 1 aliphatic heterocycles. The molecule has 1 aromatic carbocycles. The molecule has 2 unspecified atom stereocenters. The summed E-state index contributed by atoms with van der Waals surface area (Å²) in [6.45, 7) is 1.11. The standard InChI is InChI=1S/C12H15NO/c14-12-6-2-1-5-10(12)13-7-3-4-9-8-11(9)13/h1-2,5-6,9,11,14H,3-4,7-8H2. The summed E-state index contributed by atoms with van der Waals surface area (Å²) in [6, 6.07) is 8.41. The minimum Gasteiger partial charge on any atom is -0.506 e. The Bertz CT molecular complexity index is 350. The fraction of sp³-hybridized carbons (Fsp3) is 0.500. The number of fused-ring (bicyclic) bond motifs is 1. The molecular formula is C12H15NO. The van der Waals surface area contributed by atoms with E-state index in [1.54, 1.807) is 6.07 Å². The van der Waals surface area contributed by atoms with E-state index in [0.29, 0.717) is 5.75 Å². The number of rotatable bonds is 1.